The van der Waals surface area contributed by atoms with E-state index in [0.29, 0.717) is 17.3 Å². The zero-order valence-electron chi connectivity index (χ0n) is 26.2. The molecule has 250 valence electrons. The number of nitrogens with one attached hydrogen (secondary N) is 1. The van der Waals surface area contributed by atoms with E-state index in [-0.39, 0.29) is 58.1 Å². The summed E-state index contributed by atoms with van der Waals surface area (Å²) < 4.78 is 42.2. The van der Waals surface area contributed by atoms with E-state index in [1.807, 2.05) is 0 Å². The summed E-state index contributed by atoms with van der Waals surface area (Å²) in [5, 5.41) is 14.8. The number of aryl methyl sites for hydroxylation is 1. The van der Waals surface area contributed by atoms with Crippen LogP contribution in [0.3, 0.4) is 0 Å². The number of amides is 2. The molecule has 2 aromatic carbocycles. The average molecular weight is 680 g/mol. The van der Waals surface area contributed by atoms with E-state index in [2.05, 4.69) is 20.3 Å². The van der Waals surface area contributed by atoms with Crippen LogP contribution in [0, 0.1) is 11.6 Å². The minimum absolute atomic E-state index is 0.00205. The van der Waals surface area contributed by atoms with Crippen molar-refractivity contribution >= 4 is 35.3 Å². The number of methoxy groups -OCH3 is 1. The third-order valence-electron chi connectivity index (χ3n) is 8.63. The van der Waals surface area contributed by atoms with Gasteiger partial charge in [-0.25, -0.2) is 18.7 Å². The highest BCUT2D eigenvalue weighted by atomic mass is 35.5. The van der Waals surface area contributed by atoms with Gasteiger partial charge in [0.15, 0.2) is 5.60 Å². The number of primary amides is 1. The van der Waals surface area contributed by atoms with E-state index < -0.39 is 46.0 Å². The molecule has 1 saturated carbocycles. The third-order valence-corrected chi connectivity index (χ3v) is 8.92. The number of hydrogen-bond donors (Lipinski definition) is 4. The maximum Gasteiger partial charge on any atom is 0.251 e. The number of halogens is 3. The lowest BCUT2D eigenvalue weighted by atomic mass is 9.81. The summed E-state index contributed by atoms with van der Waals surface area (Å²) in [7, 11) is 3.04. The van der Waals surface area contributed by atoms with Gasteiger partial charge in [-0.1, -0.05) is 11.6 Å². The molecule has 2 atom stereocenters. The number of carbonyl (C=O) groups excluding carboxylic acids is 2. The van der Waals surface area contributed by atoms with E-state index in [9.17, 15) is 19.1 Å². The number of nitrogen functional groups attached to an aromatic ring is 1. The number of fused-ring (bicyclic) bond motifs is 1. The van der Waals surface area contributed by atoms with Crippen molar-refractivity contribution < 1.29 is 33.0 Å². The van der Waals surface area contributed by atoms with Gasteiger partial charge >= 0.3 is 0 Å². The molecule has 2 amide bonds. The molecule has 48 heavy (non-hydrogen) atoms. The smallest absolute Gasteiger partial charge is 0.251 e. The number of pyridine rings is 1. The van der Waals surface area contributed by atoms with Crippen LogP contribution in [0.4, 0.5) is 14.5 Å². The van der Waals surface area contributed by atoms with Crippen molar-refractivity contribution in [3.8, 4) is 22.8 Å². The van der Waals surface area contributed by atoms with Gasteiger partial charge in [-0.15, -0.1) is 0 Å². The van der Waals surface area contributed by atoms with Gasteiger partial charge in [-0.3, -0.25) is 14.6 Å². The summed E-state index contributed by atoms with van der Waals surface area (Å²) in [6.45, 7) is 0.819. The minimum Gasteiger partial charge on any atom is -0.495 e. The molecule has 4 aromatic rings. The van der Waals surface area contributed by atoms with Crippen molar-refractivity contribution in [2.45, 2.75) is 36.8 Å². The average Bonchev–Trinajstić information content (AvgIpc) is 3.68. The van der Waals surface area contributed by atoms with Crippen molar-refractivity contribution in [2.24, 2.45) is 17.8 Å². The van der Waals surface area contributed by atoms with E-state index in [1.54, 1.807) is 25.5 Å². The van der Waals surface area contributed by atoms with Crippen molar-refractivity contribution in [3.05, 3.63) is 87.6 Å². The largest absolute Gasteiger partial charge is 0.495 e. The number of rotatable bonds is 10. The second-order valence-electron chi connectivity index (χ2n) is 12.1. The Bertz CT molecular complexity index is 2000. The molecule has 0 saturated heterocycles. The lowest BCUT2D eigenvalue weighted by Crippen LogP contribution is -2.44. The molecule has 3 heterocycles. The summed E-state index contributed by atoms with van der Waals surface area (Å²) in [6.07, 6.45) is 6.56. The van der Waals surface area contributed by atoms with Gasteiger partial charge in [0, 0.05) is 54.0 Å². The van der Waals surface area contributed by atoms with Gasteiger partial charge in [0.05, 0.1) is 36.1 Å². The molecule has 6 N–H and O–H groups in total. The van der Waals surface area contributed by atoms with Crippen molar-refractivity contribution in [2.75, 3.05) is 26.0 Å². The highest BCUT2D eigenvalue weighted by Crippen LogP contribution is 2.47. The topological polar surface area (TPSA) is 180 Å². The normalized spacial score (nSPS) is 18.3. The molecule has 1 aliphatic heterocycles. The fourth-order valence-electron chi connectivity index (χ4n) is 5.51. The number of anilines is 1. The fraction of sp³-hybridized carbons (Fsp3) is 0.303. The molecule has 1 fully saturated rings. The first-order valence-electron chi connectivity index (χ1n) is 14.9. The number of nitrogens with two attached hydrogens (primary N) is 2. The highest BCUT2D eigenvalue weighted by molar-refractivity contribution is 6.31. The maximum atomic E-state index is 15.3. The van der Waals surface area contributed by atoms with Crippen molar-refractivity contribution in [3.63, 3.8) is 0 Å². The van der Waals surface area contributed by atoms with Crippen LogP contribution in [0.15, 0.2) is 47.7 Å². The number of ether oxygens (including phenoxy) is 2. The summed E-state index contributed by atoms with van der Waals surface area (Å²) in [5.41, 5.74) is 9.01. The predicted molar refractivity (Wildman–Crippen MR) is 173 cm³/mol. The Morgan fingerprint density at radius 3 is 2.67 bits per heavy atom. The lowest BCUT2D eigenvalue weighted by molar-refractivity contribution is -0.123. The van der Waals surface area contributed by atoms with E-state index in [1.165, 1.54) is 36.9 Å². The van der Waals surface area contributed by atoms with Crippen LogP contribution in [0.5, 0.6) is 11.5 Å². The SMILES string of the molecule is COc1cc(C(=O)NC[C@](O)(c2cc3c(c(-c4cc(Cl)c(F)cc4F)n2)OC[C@]3(C)C(N)=O)c2nccn2C)cc(C=NC2CC2)c1N. The van der Waals surface area contributed by atoms with Crippen LogP contribution in [-0.4, -0.2) is 64.0 Å². The van der Waals surface area contributed by atoms with E-state index in [4.69, 9.17) is 32.5 Å². The second-order valence-corrected chi connectivity index (χ2v) is 12.5. The summed E-state index contributed by atoms with van der Waals surface area (Å²) in [5.74, 6) is -3.07. The Hall–Kier alpha value is -5.08. The van der Waals surface area contributed by atoms with Gasteiger partial charge < -0.3 is 35.9 Å². The quantitative estimate of drug-likeness (QED) is 0.112. The summed E-state index contributed by atoms with van der Waals surface area (Å²) >= 11 is 6.03. The van der Waals surface area contributed by atoms with Gasteiger partial charge in [-0.05, 0) is 44.0 Å². The Labute approximate surface area is 278 Å². The molecule has 1 aliphatic carbocycles. The Morgan fingerprint density at radius 1 is 1.27 bits per heavy atom. The van der Waals surface area contributed by atoms with Gasteiger partial charge in [-0.2, -0.15) is 0 Å². The molecule has 0 radical (unpaired) electrons. The third kappa shape index (κ3) is 5.70. The molecule has 0 bridgehead atoms. The van der Waals surface area contributed by atoms with Gasteiger partial charge in [0.2, 0.25) is 5.91 Å². The predicted octanol–water partition coefficient (Wildman–Crippen LogP) is 3.39. The summed E-state index contributed by atoms with van der Waals surface area (Å²) in [6, 6.07) is 6.26. The van der Waals surface area contributed by atoms with Crippen LogP contribution < -0.4 is 26.3 Å². The molecule has 12 nitrogen and oxygen atoms in total. The van der Waals surface area contributed by atoms with Crippen molar-refractivity contribution in [1.82, 2.24) is 19.9 Å². The Balaban J connectivity index is 1.47. The Morgan fingerprint density at radius 2 is 2.02 bits per heavy atom. The highest BCUT2D eigenvalue weighted by Gasteiger charge is 2.47. The lowest BCUT2D eigenvalue weighted by Gasteiger charge is -2.29. The molecule has 2 aliphatic rings. The first-order chi connectivity index (χ1) is 22.8. The molecular weight excluding hydrogens is 648 g/mol. The van der Waals surface area contributed by atoms with E-state index in [0.717, 1.165) is 18.9 Å². The fourth-order valence-corrected chi connectivity index (χ4v) is 5.67. The number of hydrogen-bond acceptors (Lipinski definition) is 9. The monoisotopic (exact) mass is 679 g/mol. The molecule has 0 unspecified atom stereocenters. The molecular formula is C33H32ClF2N7O5. The van der Waals surface area contributed by atoms with Gasteiger partial charge in [0.25, 0.3) is 5.91 Å². The molecule has 0 spiro atoms. The van der Waals surface area contributed by atoms with Crippen LogP contribution in [-0.2, 0) is 22.9 Å². The van der Waals surface area contributed by atoms with E-state index >= 15 is 4.39 Å². The number of carbonyl (C=O) groups is 2. The van der Waals surface area contributed by atoms with Crippen LogP contribution in [0.25, 0.3) is 11.3 Å². The van der Waals surface area contributed by atoms with Crippen LogP contribution in [0.2, 0.25) is 5.02 Å². The number of aliphatic imine (C=N–C) groups is 1. The van der Waals surface area contributed by atoms with Crippen molar-refractivity contribution in [1.29, 1.82) is 0 Å². The number of aliphatic hydroxyl groups is 1. The number of nitrogens with zero attached hydrogens (tertiary/aromatic N) is 4. The minimum atomic E-state index is -2.19. The van der Waals surface area contributed by atoms with Crippen LogP contribution in [0.1, 0.15) is 52.8 Å². The molecule has 6 rings (SSSR count). The molecule has 15 heteroatoms. The zero-order valence-corrected chi connectivity index (χ0v) is 26.9. The molecule has 2 aromatic heterocycles. The van der Waals surface area contributed by atoms with Gasteiger partial charge in [0.1, 0.15) is 46.7 Å². The summed E-state index contributed by atoms with van der Waals surface area (Å²) in [4.78, 5) is 39.7. The first kappa shape index (κ1) is 32.8. The number of benzene rings is 2. The second kappa shape index (κ2) is 12.2. The number of imidazole rings is 1. The zero-order chi connectivity index (χ0) is 34.5. The number of aromatic nitrogens is 3. The maximum absolute atomic E-state index is 15.3. The van der Waals surface area contributed by atoms with Crippen LogP contribution >= 0.6 is 11.6 Å². The Kier molecular flexibility index (Phi) is 8.33. The standard InChI is InChI=1S/C33H32ClF2N7O5/c1-32(30(38)45)15-48-28-20(32)11-25(42-27(28)19-10-21(34)23(36)12-22(19)35)33(46,31-39-6-7-43(31)2)14-41-29(44)16-8-17(13-40-18-4-5-18)26(37)24(9-16)47-3/h6-13,18,46H,4-5,14-15,37H2,1-3H3,(H2,38,45)(H,41,44)/t32-,33-/m0/s1. The first-order valence-corrected chi connectivity index (χ1v) is 15.3.